The molecule has 30 heavy (non-hydrogen) atoms. The van der Waals surface area contributed by atoms with Gasteiger partial charge in [0.1, 0.15) is 17.2 Å². The van der Waals surface area contributed by atoms with Crippen LogP contribution in [0.3, 0.4) is 0 Å². The van der Waals surface area contributed by atoms with Crippen LogP contribution in [0.25, 0.3) is 5.57 Å². The Morgan fingerprint density at radius 3 is 2.37 bits per heavy atom. The SMILES string of the molecule is CC(C)(C)OC(=O)NC[C@@H](O)CNCc1c(F)cc(C(C=NC(F)F)=CN)cc1F. The van der Waals surface area contributed by atoms with E-state index in [9.17, 15) is 27.5 Å². The first-order valence-electron chi connectivity index (χ1n) is 9.00. The second-order valence-corrected chi connectivity index (χ2v) is 7.26. The number of alkyl carbamates (subject to hydrolysis) is 1. The molecule has 1 rings (SSSR count). The molecule has 168 valence electrons. The molecule has 0 spiro atoms. The number of aliphatic imine (C=N–C) groups is 1. The van der Waals surface area contributed by atoms with Crippen LogP contribution in [0.1, 0.15) is 31.9 Å². The largest absolute Gasteiger partial charge is 0.444 e. The van der Waals surface area contributed by atoms with Gasteiger partial charge in [-0.1, -0.05) is 0 Å². The van der Waals surface area contributed by atoms with Crippen molar-refractivity contribution < 1.29 is 32.2 Å². The first kappa shape index (κ1) is 25.4. The van der Waals surface area contributed by atoms with Crippen molar-refractivity contribution in [2.24, 2.45) is 10.7 Å². The van der Waals surface area contributed by atoms with Gasteiger partial charge in [-0.2, -0.15) is 8.78 Å². The summed E-state index contributed by atoms with van der Waals surface area (Å²) in [7, 11) is 0. The fourth-order valence-electron chi connectivity index (χ4n) is 2.24. The maximum atomic E-state index is 14.3. The van der Waals surface area contributed by atoms with E-state index in [1.807, 2.05) is 0 Å². The molecule has 7 nitrogen and oxygen atoms in total. The van der Waals surface area contributed by atoms with Crippen LogP contribution >= 0.6 is 0 Å². The molecule has 0 aliphatic heterocycles. The molecule has 0 unspecified atom stereocenters. The van der Waals surface area contributed by atoms with Crippen molar-refractivity contribution in [3.8, 4) is 0 Å². The van der Waals surface area contributed by atoms with E-state index in [1.165, 1.54) is 0 Å². The predicted octanol–water partition coefficient (Wildman–Crippen LogP) is 2.53. The van der Waals surface area contributed by atoms with Crippen LogP contribution in [-0.2, 0) is 11.3 Å². The van der Waals surface area contributed by atoms with Crippen LogP contribution in [0.15, 0.2) is 23.3 Å². The standard InChI is InChI=1S/C19H26F4N4O3/c1-19(2,3)30-18(29)27-9-13(28)8-25-10-14-15(20)4-11(5-16(14)21)12(6-24)7-26-17(22)23/h4-7,13,17,25,28H,8-10,24H2,1-3H3,(H,27,29)/t13-/m0/s1. The van der Waals surface area contributed by atoms with Crippen LogP contribution in [0.5, 0.6) is 0 Å². The van der Waals surface area contributed by atoms with Crippen molar-refractivity contribution in [1.82, 2.24) is 10.6 Å². The van der Waals surface area contributed by atoms with E-state index < -0.39 is 36.0 Å². The number of allylic oxidation sites excluding steroid dienone is 1. The molecule has 1 atom stereocenters. The number of aliphatic hydroxyl groups excluding tert-OH is 1. The number of amides is 1. The molecule has 0 aliphatic carbocycles. The van der Waals surface area contributed by atoms with Crippen LogP contribution < -0.4 is 16.4 Å². The van der Waals surface area contributed by atoms with E-state index in [4.69, 9.17) is 10.5 Å². The van der Waals surface area contributed by atoms with E-state index in [-0.39, 0.29) is 36.3 Å². The number of nitrogens with one attached hydrogen (secondary N) is 2. The average Bonchev–Trinajstić information content (AvgIpc) is 2.61. The van der Waals surface area contributed by atoms with Gasteiger partial charge in [0.2, 0.25) is 0 Å². The zero-order valence-electron chi connectivity index (χ0n) is 16.9. The van der Waals surface area contributed by atoms with Crippen molar-refractivity contribution in [2.75, 3.05) is 13.1 Å². The highest BCUT2D eigenvalue weighted by Gasteiger charge is 2.17. The zero-order valence-corrected chi connectivity index (χ0v) is 16.9. The Morgan fingerprint density at radius 2 is 1.87 bits per heavy atom. The third-order valence-corrected chi connectivity index (χ3v) is 3.54. The third-order valence-electron chi connectivity index (χ3n) is 3.54. The molecule has 1 aromatic carbocycles. The highest BCUT2D eigenvalue weighted by Crippen LogP contribution is 2.20. The molecular formula is C19H26F4N4O3. The van der Waals surface area contributed by atoms with E-state index in [0.29, 0.717) is 0 Å². The number of aliphatic hydroxyl groups is 1. The van der Waals surface area contributed by atoms with Crippen LogP contribution in [0, 0.1) is 11.6 Å². The lowest BCUT2D eigenvalue weighted by Crippen LogP contribution is -2.40. The van der Waals surface area contributed by atoms with Crippen molar-refractivity contribution in [1.29, 1.82) is 0 Å². The van der Waals surface area contributed by atoms with Gasteiger partial charge < -0.3 is 26.2 Å². The first-order chi connectivity index (χ1) is 13.9. The lowest BCUT2D eigenvalue weighted by atomic mass is 10.0. The summed E-state index contributed by atoms with van der Waals surface area (Å²) in [6.45, 7) is 1.65. The van der Waals surface area contributed by atoms with Crippen molar-refractivity contribution in [3.63, 3.8) is 0 Å². The van der Waals surface area contributed by atoms with Gasteiger partial charge in [-0.15, -0.1) is 0 Å². The van der Waals surface area contributed by atoms with Crippen LogP contribution in [0.2, 0.25) is 0 Å². The molecule has 5 N–H and O–H groups in total. The number of nitrogens with zero attached hydrogens (tertiary/aromatic N) is 1. The number of halogens is 4. The molecule has 1 aromatic rings. The number of rotatable bonds is 9. The van der Waals surface area contributed by atoms with Crippen molar-refractivity contribution >= 4 is 17.9 Å². The zero-order chi connectivity index (χ0) is 22.9. The summed E-state index contributed by atoms with van der Waals surface area (Å²) in [5.41, 5.74) is 4.18. The molecule has 1 amide bonds. The van der Waals surface area contributed by atoms with Gasteiger partial charge in [0.25, 0.3) is 0 Å². The number of benzene rings is 1. The van der Waals surface area contributed by atoms with Crippen LogP contribution in [0.4, 0.5) is 22.4 Å². The Balaban J connectivity index is 2.63. The normalized spacial score (nSPS) is 13.7. The van der Waals surface area contributed by atoms with Gasteiger partial charge in [-0.25, -0.2) is 18.6 Å². The summed E-state index contributed by atoms with van der Waals surface area (Å²) >= 11 is 0. The monoisotopic (exact) mass is 434 g/mol. The lowest BCUT2D eigenvalue weighted by Gasteiger charge is -2.20. The predicted molar refractivity (Wildman–Crippen MR) is 105 cm³/mol. The molecular weight excluding hydrogens is 408 g/mol. The van der Waals surface area contributed by atoms with Gasteiger partial charge in [0.15, 0.2) is 0 Å². The first-order valence-corrected chi connectivity index (χ1v) is 9.00. The summed E-state index contributed by atoms with van der Waals surface area (Å²) in [6, 6.07) is 1.88. The molecule has 0 saturated heterocycles. The fourth-order valence-corrected chi connectivity index (χ4v) is 2.24. The van der Waals surface area contributed by atoms with E-state index >= 15 is 0 Å². The number of carbonyl (C=O) groups is 1. The summed E-state index contributed by atoms with van der Waals surface area (Å²) in [6.07, 6.45) is -0.0923. The van der Waals surface area contributed by atoms with E-state index in [0.717, 1.165) is 24.5 Å². The highest BCUT2D eigenvalue weighted by molar-refractivity contribution is 6.09. The summed E-state index contributed by atoms with van der Waals surface area (Å²) < 4.78 is 57.9. The number of ether oxygens (including phenoxy) is 1. The van der Waals surface area contributed by atoms with Gasteiger partial charge in [-0.3, -0.25) is 0 Å². The molecule has 11 heteroatoms. The van der Waals surface area contributed by atoms with Crippen molar-refractivity contribution in [3.05, 3.63) is 41.1 Å². The minimum atomic E-state index is -2.98. The summed E-state index contributed by atoms with van der Waals surface area (Å²) in [5, 5.41) is 14.9. The summed E-state index contributed by atoms with van der Waals surface area (Å²) in [4.78, 5) is 14.4. The molecule has 0 bridgehead atoms. The fraction of sp³-hybridized carbons (Fsp3) is 0.474. The second-order valence-electron chi connectivity index (χ2n) is 7.26. The van der Waals surface area contributed by atoms with Crippen LogP contribution in [-0.4, -0.2) is 48.8 Å². The molecule has 0 saturated carbocycles. The minimum absolute atomic E-state index is 0.0535. The highest BCUT2D eigenvalue weighted by atomic mass is 19.3. The number of nitrogens with two attached hydrogens (primary N) is 1. The molecule has 0 heterocycles. The molecule has 0 radical (unpaired) electrons. The molecule has 0 fully saturated rings. The Morgan fingerprint density at radius 1 is 1.27 bits per heavy atom. The maximum absolute atomic E-state index is 14.3. The lowest BCUT2D eigenvalue weighted by molar-refractivity contribution is 0.0492. The Hall–Kier alpha value is -2.66. The summed E-state index contributed by atoms with van der Waals surface area (Å²) in [5.74, 6) is -1.85. The minimum Gasteiger partial charge on any atom is -0.444 e. The third kappa shape index (κ3) is 9.23. The second kappa shape index (κ2) is 11.5. The Kier molecular flexibility index (Phi) is 9.73. The topological polar surface area (TPSA) is 109 Å². The average molecular weight is 434 g/mol. The van der Waals surface area contributed by atoms with Gasteiger partial charge in [0, 0.05) is 43.2 Å². The number of hydrogen-bond acceptors (Lipinski definition) is 6. The smallest absolute Gasteiger partial charge is 0.407 e. The van der Waals surface area contributed by atoms with Gasteiger partial charge >= 0.3 is 12.6 Å². The van der Waals surface area contributed by atoms with E-state index in [2.05, 4.69) is 15.6 Å². The van der Waals surface area contributed by atoms with Gasteiger partial charge in [0.05, 0.1) is 6.10 Å². The van der Waals surface area contributed by atoms with Gasteiger partial charge in [-0.05, 0) is 38.5 Å². The maximum Gasteiger partial charge on any atom is 0.407 e. The Bertz CT molecular complexity index is 757. The van der Waals surface area contributed by atoms with E-state index in [1.54, 1.807) is 20.8 Å². The molecule has 0 aliphatic rings. The van der Waals surface area contributed by atoms with Crippen molar-refractivity contribution in [2.45, 2.75) is 45.6 Å². The number of carbonyl (C=O) groups excluding carboxylic acids is 1. The quantitative estimate of drug-likeness (QED) is 0.271. The number of alkyl halides is 2. The number of hydrogen-bond donors (Lipinski definition) is 4. The molecule has 0 aromatic heterocycles. The Labute approximate surface area is 172 Å².